The zero-order valence-corrected chi connectivity index (χ0v) is 20.8. The number of rotatable bonds is 5. The molecule has 0 saturated carbocycles. The van der Waals surface area contributed by atoms with Crippen LogP contribution >= 0.6 is 0 Å². The molecule has 2 aromatic carbocycles. The van der Waals surface area contributed by atoms with Gasteiger partial charge in [0.25, 0.3) is 0 Å². The third-order valence-corrected chi connectivity index (χ3v) is 7.18. The number of fused-ring (bicyclic) bond motifs is 2. The number of benzene rings is 2. The molecule has 5 rings (SSSR count). The van der Waals surface area contributed by atoms with E-state index in [-0.39, 0.29) is 11.3 Å². The Balaban J connectivity index is 1.71. The molecule has 36 heavy (non-hydrogen) atoms. The van der Waals surface area contributed by atoms with Crippen LogP contribution in [0.5, 0.6) is 11.5 Å². The topological polar surface area (TPSA) is 78.9 Å². The Kier molecular flexibility index (Phi) is 6.04. The molecule has 0 bridgehead atoms. The summed E-state index contributed by atoms with van der Waals surface area (Å²) in [5.41, 5.74) is 2.64. The van der Waals surface area contributed by atoms with E-state index in [2.05, 4.69) is 26.0 Å². The summed E-state index contributed by atoms with van der Waals surface area (Å²) in [6, 6.07) is 13.9. The van der Waals surface area contributed by atoms with E-state index in [1.54, 1.807) is 26.4 Å². The van der Waals surface area contributed by atoms with Crippen molar-refractivity contribution < 1.29 is 18.3 Å². The highest BCUT2D eigenvalue weighted by Gasteiger charge is 2.38. The highest BCUT2D eigenvalue weighted by molar-refractivity contribution is 5.88. The Morgan fingerprint density at radius 2 is 1.44 bits per heavy atom. The lowest BCUT2D eigenvalue weighted by atomic mass is 9.65. The number of hydrogen-bond acceptors (Lipinski definition) is 6. The van der Waals surface area contributed by atoms with Gasteiger partial charge in [0.1, 0.15) is 22.7 Å². The van der Waals surface area contributed by atoms with Gasteiger partial charge in [-0.05, 0) is 61.6 Å². The van der Waals surface area contributed by atoms with Crippen molar-refractivity contribution in [1.29, 1.82) is 0 Å². The molecule has 0 fully saturated rings. The lowest BCUT2D eigenvalue weighted by Gasteiger charge is -2.38. The SMILES string of the molecule is COc1ccc2ccc(=O)oc2c1/C=C/[C@@]1(C)CCC(C)=C[C@H]1c1c(OC)ccc2ccc(=O)oc12. The fourth-order valence-electron chi connectivity index (χ4n) is 5.13. The third-order valence-electron chi connectivity index (χ3n) is 7.18. The van der Waals surface area contributed by atoms with E-state index in [4.69, 9.17) is 18.3 Å². The Morgan fingerprint density at radius 1 is 0.861 bits per heavy atom. The molecule has 6 nitrogen and oxygen atoms in total. The van der Waals surface area contributed by atoms with Gasteiger partial charge >= 0.3 is 11.3 Å². The van der Waals surface area contributed by atoms with Crippen molar-refractivity contribution in [2.45, 2.75) is 32.6 Å². The number of allylic oxidation sites excluding steroid dienone is 3. The quantitative estimate of drug-likeness (QED) is 0.239. The van der Waals surface area contributed by atoms with Crippen molar-refractivity contribution in [1.82, 2.24) is 0 Å². The summed E-state index contributed by atoms with van der Waals surface area (Å²) >= 11 is 0. The first-order chi connectivity index (χ1) is 17.3. The highest BCUT2D eigenvalue weighted by atomic mass is 16.5. The summed E-state index contributed by atoms with van der Waals surface area (Å²) in [4.78, 5) is 24.2. The van der Waals surface area contributed by atoms with Crippen LogP contribution in [-0.2, 0) is 0 Å². The summed E-state index contributed by atoms with van der Waals surface area (Å²) in [5.74, 6) is 1.16. The number of ether oxygens (including phenoxy) is 2. The summed E-state index contributed by atoms with van der Waals surface area (Å²) in [6.45, 7) is 4.30. The van der Waals surface area contributed by atoms with Crippen LogP contribution in [-0.4, -0.2) is 14.2 Å². The van der Waals surface area contributed by atoms with Crippen molar-refractivity contribution in [3.63, 3.8) is 0 Å². The molecule has 0 aliphatic heterocycles. The van der Waals surface area contributed by atoms with Crippen molar-refractivity contribution in [2.75, 3.05) is 14.2 Å². The largest absolute Gasteiger partial charge is 0.496 e. The van der Waals surface area contributed by atoms with Crippen LogP contribution in [0.3, 0.4) is 0 Å². The molecule has 0 N–H and O–H groups in total. The maximum Gasteiger partial charge on any atom is 0.336 e. The first-order valence-electron chi connectivity index (χ1n) is 11.9. The lowest BCUT2D eigenvalue weighted by Crippen LogP contribution is -2.26. The zero-order chi connectivity index (χ0) is 25.4. The minimum Gasteiger partial charge on any atom is -0.496 e. The molecule has 2 heterocycles. The molecule has 0 amide bonds. The molecule has 1 aliphatic carbocycles. The first kappa shape index (κ1) is 23.7. The van der Waals surface area contributed by atoms with Crippen LogP contribution in [0.1, 0.15) is 43.7 Å². The standard InChI is InChI=1S/C30H28O6/c1-18-13-15-30(2,16-14-21-23(33-3)9-5-19-7-11-25(31)35-28(19)21)22(17-18)27-24(34-4)10-6-20-8-12-26(32)36-29(20)27/h5-12,14,16-17,22H,13,15H2,1-4H3/b16-14+/t22-,30+/m0/s1. The Hall–Kier alpha value is -4.06. The van der Waals surface area contributed by atoms with Crippen LogP contribution in [0.4, 0.5) is 0 Å². The Labute approximate surface area is 208 Å². The second kappa shape index (κ2) is 9.19. The third kappa shape index (κ3) is 4.13. The molecule has 4 aromatic rings. The monoisotopic (exact) mass is 484 g/mol. The van der Waals surface area contributed by atoms with Crippen molar-refractivity contribution in [3.05, 3.63) is 98.2 Å². The molecular formula is C30H28O6. The normalized spacial score (nSPS) is 20.1. The first-order valence-corrected chi connectivity index (χ1v) is 11.9. The van der Waals surface area contributed by atoms with E-state index in [1.165, 1.54) is 17.7 Å². The summed E-state index contributed by atoms with van der Waals surface area (Å²) < 4.78 is 22.7. The maximum absolute atomic E-state index is 12.2. The second-order valence-corrected chi connectivity index (χ2v) is 9.54. The van der Waals surface area contributed by atoms with Crippen LogP contribution in [0.15, 0.2) is 84.7 Å². The minimum absolute atomic E-state index is 0.125. The van der Waals surface area contributed by atoms with Gasteiger partial charge in [-0.2, -0.15) is 0 Å². The van der Waals surface area contributed by atoms with Gasteiger partial charge < -0.3 is 18.3 Å². The molecule has 0 unspecified atom stereocenters. The lowest BCUT2D eigenvalue weighted by molar-refractivity contribution is 0.321. The predicted molar refractivity (Wildman–Crippen MR) is 141 cm³/mol. The van der Waals surface area contributed by atoms with Crippen LogP contribution in [0.25, 0.3) is 28.0 Å². The van der Waals surface area contributed by atoms with Gasteiger partial charge in [-0.3, -0.25) is 0 Å². The van der Waals surface area contributed by atoms with Gasteiger partial charge in [0, 0.05) is 34.4 Å². The molecule has 2 aromatic heterocycles. The fourth-order valence-corrected chi connectivity index (χ4v) is 5.13. The zero-order valence-electron chi connectivity index (χ0n) is 20.8. The minimum atomic E-state index is -0.416. The maximum atomic E-state index is 12.2. The molecule has 184 valence electrons. The number of hydrogen-bond donors (Lipinski definition) is 0. The molecule has 0 radical (unpaired) electrons. The summed E-state index contributed by atoms with van der Waals surface area (Å²) in [5, 5.41) is 1.65. The van der Waals surface area contributed by atoms with Crippen molar-refractivity contribution in [3.8, 4) is 11.5 Å². The molecular weight excluding hydrogens is 456 g/mol. The Morgan fingerprint density at radius 3 is 2.11 bits per heavy atom. The summed E-state index contributed by atoms with van der Waals surface area (Å²) in [7, 11) is 3.22. The van der Waals surface area contributed by atoms with Crippen LogP contribution in [0.2, 0.25) is 0 Å². The average molecular weight is 485 g/mol. The van der Waals surface area contributed by atoms with Gasteiger partial charge in [-0.25, -0.2) is 9.59 Å². The molecule has 0 saturated heterocycles. The number of methoxy groups -OCH3 is 2. The van der Waals surface area contributed by atoms with Crippen molar-refractivity contribution in [2.24, 2.45) is 5.41 Å². The van der Waals surface area contributed by atoms with Crippen LogP contribution < -0.4 is 20.7 Å². The second-order valence-electron chi connectivity index (χ2n) is 9.54. The van der Waals surface area contributed by atoms with E-state index < -0.39 is 11.3 Å². The van der Waals surface area contributed by atoms with Crippen LogP contribution in [0, 0.1) is 5.41 Å². The highest BCUT2D eigenvalue weighted by Crippen LogP contribution is 2.51. The predicted octanol–water partition coefficient (Wildman–Crippen LogP) is 6.46. The molecule has 1 aliphatic rings. The van der Waals surface area contributed by atoms with Gasteiger partial charge in [-0.15, -0.1) is 0 Å². The summed E-state index contributed by atoms with van der Waals surface area (Å²) in [6.07, 6.45) is 8.14. The van der Waals surface area contributed by atoms with E-state index in [9.17, 15) is 9.59 Å². The van der Waals surface area contributed by atoms with E-state index >= 15 is 0 Å². The van der Waals surface area contributed by atoms with E-state index in [0.717, 1.165) is 29.2 Å². The molecule has 2 atom stereocenters. The Bertz CT molecular complexity index is 1640. The fraction of sp³-hybridized carbons (Fsp3) is 0.267. The van der Waals surface area contributed by atoms with Gasteiger partial charge in [-0.1, -0.05) is 30.7 Å². The van der Waals surface area contributed by atoms with Gasteiger partial charge in [0.2, 0.25) is 0 Å². The van der Waals surface area contributed by atoms with E-state index in [1.807, 2.05) is 30.3 Å². The van der Waals surface area contributed by atoms with Gasteiger partial charge in [0.15, 0.2) is 0 Å². The molecule has 6 heteroatoms. The smallest absolute Gasteiger partial charge is 0.336 e. The van der Waals surface area contributed by atoms with Crippen molar-refractivity contribution >= 4 is 28.0 Å². The van der Waals surface area contributed by atoms with E-state index in [0.29, 0.717) is 28.2 Å². The van der Waals surface area contributed by atoms with Gasteiger partial charge in [0.05, 0.1) is 19.8 Å². The average Bonchev–Trinajstić information content (AvgIpc) is 2.88. The molecule has 0 spiro atoms.